The summed E-state index contributed by atoms with van der Waals surface area (Å²) in [7, 11) is 1.30. The maximum absolute atomic E-state index is 12.5. The van der Waals surface area contributed by atoms with Gasteiger partial charge < -0.3 is 24.7 Å². The fourth-order valence-electron chi connectivity index (χ4n) is 2.78. The number of carbonyl (C=O) groups excluding carboxylic acids is 1. The summed E-state index contributed by atoms with van der Waals surface area (Å²) in [6.45, 7) is 1.34. The topological polar surface area (TPSA) is 128 Å². The number of nitrogens with two attached hydrogens (primary N) is 1. The summed E-state index contributed by atoms with van der Waals surface area (Å²) >= 11 is 0. The van der Waals surface area contributed by atoms with Crippen molar-refractivity contribution in [2.75, 3.05) is 7.11 Å². The van der Waals surface area contributed by atoms with Crippen molar-refractivity contribution >= 4 is 17.9 Å². The van der Waals surface area contributed by atoms with Crippen LogP contribution >= 0.6 is 0 Å². The fourth-order valence-corrected chi connectivity index (χ4v) is 2.78. The Morgan fingerprint density at radius 3 is 2.45 bits per heavy atom. The van der Waals surface area contributed by atoms with Crippen LogP contribution in [0.2, 0.25) is 0 Å². The molecule has 1 unspecified atom stereocenters. The Kier molecular flexibility index (Phi) is 7.46. The normalized spacial score (nSPS) is 11.9. The van der Waals surface area contributed by atoms with E-state index in [1.165, 1.54) is 20.1 Å². The van der Waals surface area contributed by atoms with Gasteiger partial charge in [-0.25, -0.2) is 4.79 Å². The minimum atomic E-state index is -4.84. The van der Waals surface area contributed by atoms with Crippen LogP contribution in [-0.2, 0) is 9.47 Å². The van der Waals surface area contributed by atoms with E-state index in [2.05, 4.69) is 4.74 Å². The minimum absolute atomic E-state index is 0.127. The van der Waals surface area contributed by atoms with Gasteiger partial charge in [0, 0.05) is 18.6 Å². The van der Waals surface area contributed by atoms with Gasteiger partial charge in [0.1, 0.15) is 17.6 Å². The number of methoxy groups -OCH3 is 1. The Hall–Kier alpha value is -3.76. The molecular weight excluding hydrogens is 419 g/mol. The number of ether oxygens (including phenoxy) is 4. The Morgan fingerprint density at radius 1 is 1.16 bits per heavy atom. The van der Waals surface area contributed by atoms with Crippen molar-refractivity contribution in [1.29, 1.82) is 10.8 Å². The zero-order valence-electron chi connectivity index (χ0n) is 16.6. The highest BCUT2D eigenvalue weighted by molar-refractivity contribution is 5.87. The van der Waals surface area contributed by atoms with Gasteiger partial charge >= 0.3 is 12.5 Å². The molecule has 0 saturated carbocycles. The van der Waals surface area contributed by atoms with Gasteiger partial charge in [-0.05, 0) is 29.3 Å². The molecule has 2 rings (SSSR count). The summed E-state index contributed by atoms with van der Waals surface area (Å²) in [5.41, 5.74) is 6.58. The predicted molar refractivity (Wildman–Crippen MR) is 105 cm³/mol. The summed E-state index contributed by atoms with van der Waals surface area (Å²) in [5, 5.41) is 15.1. The van der Waals surface area contributed by atoms with E-state index in [4.69, 9.17) is 30.8 Å². The molecule has 0 radical (unpaired) electrons. The highest BCUT2D eigenvalue weighted by Crippen LogP contribution is 2.36. The Labute approximate surface area is 175 Å². The standard InChI is InChI=1S/C20H20F3N3O5/c1-11(24)29-18(25)10-16(30-19(26)27)13-5-3-4-12(8-13)15-7-6-14(9-17(15)28-2)31-20(21,22)23/h3-9,16,24-25H,10H2,1-2H3,(H2,26,27). The van der Waals surface area contributed by atoms with Crippen molar-refractivity contribution in [3.63, 3.8) is 0 Å². The van der Waals surface area contributed by atoms with Crippen LogP contribution < -0.4 is 15.2 Å². The van der Waals surface area contributed by atoms with Crippen molar-refractivity contribution in [2.45, 2.75) is 25.8 Å². The molecule has 0 spiro atoms. The second-order valence-corrected chi connectivity index (χ2v) is 6.25. The number of carbonyl (C=O) groups is 1. The van der Waals surface area contributed by atoms with Crippen molar-refractivity contribution in [2.24, 2.45) is 5.73 Å². The zero-order valence-corrected chi connectivity index (χ0v) is 16.6. The SMILES string of the molecule is COc1cc(OC(F)(F)F)ccc1-c1cccc(C(CC(=N)OC(C)=N)OC(N)=O)c1. The van der Waals surface area contributed by atoms with E-state index in [0.29, 0.717) is 16.7 Å². The van der Waals surface area contributed by atoms with Crippen LogP contribution in [0.5, 0.6) is 11.5 Å². The lowest BCUT2D eigenvalue weighted by Crippen LogP contribution is -2.21. The van der Waals surface area contributed by atoms with Gasteiger partial charge in [-0.15, -0.1) is 13.2 Å². The van der Waals surface area contributed by atoms with Gasteiger partial charge in [0.15, 0.2) is 11.8 Å². The Morgan fingerprint density at radius 2 is 1.87 bits per heavy atom. The lowest BCUT2D eigenvalue weighted by molar-refractivity contribution is -0.274. The van der Waals surface area contributed by atoms with Gasteiger partial charge in [0.05, 0.1) is 13.5 Å². The average Bonchev–Trinajstić information content (AvgIpc) is 2.65. The molecule has 0 aromatic heterocycles. The summed E-state index contributed by atoms with van der Waals surface area (Å²) in [6.07, 6.45) is -7.07. The first-order chi connectivity index (χ1) is 14.5. The molecule has 1 atom stereocenters. The molecular formula is C20H20F3N3O5. The lowest BCUT2D eigenvalue weighted by Gasteiger charge is -2.19. The molecule has 1 amide bonds. The number of hydrogen-bond acceptors (Lipinski definition) is 7. The van der Waals surface area contributed by atoms with E-state index in [1.807, 2.05) is 0 Å². The van der Waals surface area contributed by atoms with Crippen LogP contribution in [0.3, 0.4) is 0 Å². The number of alkyl halides is 3. The number of primary amides is 1. The van der Waals surface area contributed by atoms with Crippen LogP contribution in [-0.4, -0.2) is 31.4 Å². The number of rotatable bonds is 7. The van der Waals surface area contributed by atoms with Crippen molar-refractivity contribution in [1.82, 2.24) is 0 Å². The van der Waals surface area contributed by atoms with Gasteiger partial charge in [-0.1, -0.05) is 18.2 Å². The van der Waals surface area contributed by atoms with Crippen molar-refractivity contribution in [3.05, 3.63) is 48.0 Å². The molecule has 0 aliphatic rings. The summed E-state index contributed by atoms with van der Waals surface area (Å²) < 4.78 is 56.5. The van der Waals surface area contributed by atoms with Crippen LogP contribution in [0, 0.1) is 10.8 Å². The third-order valence-corrected chi connectivity index (χ3v) is 3.88. The maximum Gasteiger partial charge on any atom is 0.573 e. The van der Waals surface area contributed by atoms with Crippen molar-refractivity contribution in [3.8, 4) is 22.6 Å². The Bertz CT molecular complexity index is 979. The first-order valence-electron chi connectivity index (χ1n) is 8.79. The van der Waals surface area contributed by atoms with E-state index < -0.39 is 24.3 Å². The molecule has 0 fully saturated rings. The van der Waals surface area contributed by atoms with Gasteiger partial charge in [-0.2, -0.15) is 0 Å². The third kappa shape index (κ3) is 7.21. The van der Waals surface area contributed by atoms with E-state index in [9.17, 15) is 18.0 Å². The van der Waals surface area contributed by atoms with E-state index in [0.717, 1.165) is 12.1 Å². The van der Waals surface area contributed by atoms with Crippen LogP contribution in [0.1, 0.15) is 25.0 Å². The molecule has 11 heteroatoms. The zero-order chi connectivity index (χ0) is 23.2. The molecule has 4 N–H and O–H groups in total. The largest absolute Gasteiger partial charge is 0.573 e. The van der Waals surface area contributed by atoms with Crippen LogP contribution in [0.15, 0.2) is 42.5 Å². The minimum Gasteiger partial charge on any atom is -0.496 e. The van der Waals surface area contributed by atoms with E-state index >= 15 is 0 Å². The smallest absolute Gasteiger partial charge is 0.496 e. The van der Waals surface area contributed by atoms with Gasteiger partial charge in [0.25, 0.3) is 0 Å². The second-order valence-electron chi connectivity index (χ2n) is 6.25. The number of hydrogen-bond donors (Lipinski definition) is 3. The van der Waals surface area contributed by atoms with E-state index in [1.54, 1.807) is 24.3 Å². The van der Waals surface area contributed by atoms with E-state index in [-0.39, 0.29) is 24.0 Å². The lowest BCUT2D eigenvalue weighted by atomic mass is 9.98. The number of halogens is 3. The molecule has 2 aromatic carbocycles. The molecule has 2 aromatic rings. The molecule has 166 valence electrons. The number of nitrogens with one attached hydrogen (secondary N) is 2. The average molecular weight is 439 g/mol. The predicted octanol–water partition coefficient (Wildman–Crippen LogP) is 4.78. The second kappa shape index (κ2) is 9.83. The summed E-state index contributed by atoms with van der Waals surface area (Å²) in [5.74, 6) is -0.827. The van der Waals surface area contributed by atoms with Crippen molar-refractivity contribution < 1.29 is 36.9 Å². The third-order valence-electron chi connectivity index (χ3n) is 3.88. The van der Waals surface area contributed by atoms with Crippen LogP contribution in [0.4, 0.5) is 18.0 Å². The Balaban J connectivity index is 2.38. The molecule has 31 heavy (non-hydrogen) atoms. The maximum atomic E-state index is 12.5. The number of benzene rings is 2. The first-order valence-corrected chi connectivity index (χ1v) is 8.79. The number of amides is 1. The fraction of sp³-hybridized carbons (Fsp3) is 0.250. The molecule has 8 nitrogen and oxygen atoms in total. The molecule has 0 aliphatic carbocycles. The van der Waals surface area contributed by atoms with Gasteiger partial charge in [-0.3, -0.25) is 10.8 Å². The monoisotopic (exact) mass is 439 g/mol. The first kappa shape index (κ1) is 23.5. The highest BCUT2D eigenvalue weighted by atomic mass is 19.4. The summed E-state index contributed by atoms with van der Waals surface area (Å²) in [4.78, 5) is 11.3. The van der Waals surface area contributed by atoms with Crippen LogP contribution in [0.25, 0.3) is 11.1 Å². The summed E-state index contributed by atoms with van der Waals surface area (Å²) in [6, 6.07) is 10.2. The molecule has 0 saturated heterocycles. The van der Waals surface area contributed by atoms with Gasteiger partial charge in [0.2, 0.25) is 0 Å². The molecule has 0 heterocycles. The quantitative estimate of drug-likeness (QED) is 0.423. The molecule has 0 aliphatic heterocycles. The molecule has 0 bridgehead atoms. The highest BCUT2D eigenvalue weighted by Gasteiger charge is 2.31.